The maximum absolute atomic E-state index is 13.3. The first-order valence-electron chi connectivity index (χ1n) is 7.40. The Labute approximate surface area is 147 Å². The van der Waals surface area contributed by atoms with E-state index in [1.807, 2.05) is 0 Å². The fraction of sp³-hybridized carbons (Fsp3) is 0.429. The lowest BCUT2D eigenvalue weighted by molar-refractivity contribution is -0.343. The van der Waals surface area contributed by atoms with Crippen molar-refractivity contribution in [2.75, 3.05) is 5.32 Å². The predicted molar refractivity (Wildman–Crippen MR) is 77.2 cm³/mol. The van der Waals surface area contributed by atoms with E-state index in [0.717, 1.165) is 12.1 Å². The molecule has 0 spiro atoms. The number of aromatic nitrogens is 4. The molecule has 0 bridgehead atoms. The molecule has 0 aliphatic rings. The topological polar surface area (TPSA) is 83.6 Å². The highest BCUT2D eigenvalue weighted by molar-refractivity contribution is 5.97. The van der Waals surface area contributed by atoms with Crippen molar-refractivity contribution in [3.05, 3.63) is 35.7 Å². The predicted octanol–water partition coefficient (Wildman–Crippen LogP) is 3.15. The number of anilines is 1. The Hall–Kier alpha value is -2.73. The van der Waals surface area contributed by atoms with Gasteiger partial charge in [-0.1, -0.05) is 12.1 Å². The minimum atomic E-state index is -6.57. The van der Waals surface area contributed by atoms with Gasteiger partial charge in [0.05, 0.1) is 0 Å². The Morgan fingerprint density at radius 2 is 1.63 bits per heavy atom. The van der Waals surface area contributed by atoms with Crippen molar-refractivity contribution >= 4 is 11.6 Å². The summed E-state index contributed by atoms with van der Waals surface area (Å²) in [6, 6.07) is 5.05. The Morgan fingerprint density at radius 3 is 2.15 bits per heavy atom. The van der Waals surface area contributed by atoms with Gasteiger partial charge in [-0.2, -0.15) is 30.7 Å². The van der Waals surface area contributed by atoms with E-state index in [4.69, 9.17) is 0 Å². The van der Waals surface area contributed by atoms with Gasteiger partial charge >= 0.3 is 23.9 Å². The van der Waals surface area contributed by atoms with Gasteiger partial charge < -0.3 is 5.32 Å². The van der Waals surface area contributed by atoms with E-state index in [1.165, 1.54) is 17.4 Å². The molecule has 1 amide bonds. The molecule has 2 aromatic rings. The molecule has 0 aliphatic carbocycles. The van der Waals surface area contributed by atoms with Crippen LogP contribution in [0.15, 0.2) is 24.3 Å². The van der Waals surface area contributed by atoms with Crippen LogP contribution in [-0.4, -0.2) is 44.6 Å². The second-order valence-electron chi connectivity index (χ2n) is 5.50. The number of carbonyl (C=O) groups is 1. The number of amides is 1. The number of aryl methyl sites for hydroxylation is 2. The average molecular weight is 399 g/mol. The van der Waals surface area contributed by atoms with Gasteiger partial charge in [-0.25, -0.2) is 5.10 Å². The van der Waals surface area contributed by atoms with Gasteiger partial charge in [-0.05, 0) is 41.0 Å². The smallest absolute Gasteiger partial charge is 0.321 e. The molecule has 0 aliphatic heterocycles. The maximum Gasteiger partial charge on any atom is 0.460 e. The number of aromatic amines is 1. The van der Waals surface area contributed by atoms with Crippen LogP contribution >= 0.6 is 0 Å². The number of nitrogens with zero attached hydrogens (tertiary/aromatic N) is 3. The first-order chi connectivity index (χ1) is 12.4. The second-order valence-corrected chi connectivity index (χ2v) is 5.50. The Balaban J connectivity index is 1.96. The fourth-order valence-corrected chi connectivity index (χ4v) is 2.03. The molecule has 0 atom stereocenters. The minimum Gasteiger partial charge on any atom is -0.321 e. The van der Waals surface area contributed by atoms with E-state index < -0.39 is 23.9 Å². The lowest BCUT2D eigenvalue weighted by Crippen LogP contribution is -2.57. The Kier molecular flexibility index (Phi) is 5.70. The number of alkyl halides is 7. The molecule has 0 unspecified atom stereocenters. The molecule has 1 aromatic carbocycles. The number of rotatable bonds is 7. The molecule has 1 heterocycles. The van der Waals surface area contributed by atoms with E-state index >= 15 is 0 Å². The standard InChI is InChI=1S/C14H12F7N5O/c15-12(16,13(17,18)14(19,20)21)11(27)22-9-6-4-8(5-7-9)2-1-3-10-23-25-26-24-10/h4-7H,1-3H2,(H,22,27)(H,23,24,25,26). The molecule has 13 heteroatoms. The minimum absolute atomic E-state index is 0.346. The quantitative estimate of drug-likeness (QED) is 0.701. The van der Waals surface area contributed by atoms with Crippen LogP contribution in [0.25, 0.3) is 0 Å². The fourth-order valence-electron chi connectivity index (χ4n) is 2.03. The zero-order valence-corrected chi connectivity index (χ0v) is 13.3. The highest BCUT2D eigenvalue weighted by atomic mass is 19.4. The summed E-state index contributed by atoms with van der Waals surface area (Å²) in [5, 5.41) is 14.4. The molecular weight excluding hydrogens is 387 g/mol. The molecule has 6 nitrogen and oxygen atoms in total. The van der Waals surface area contributed by atoms with Crippen molar-refractivity contribution in [2.45, 2.75) is 37.3 Å². The summed E-state index contributed by atoms with van der Waals surface area (Å²) in [5.74, 6) is -14.7. The van der Waals surface area contributed by atoms with Gasteiger partial charge in [0.15, 0.2) is 0 Å². The van der Waals surface area contributed by atoms with E-state index in [0.29, 0.717) is 30.7 Å². The number of benzene rings is 1. The molecule has 1 aromatic heterocycles. The van der Waals surface area contributed by atoms with Gasteiger partial charge in [-0.15, -0.1) is 5.10 Å². The van der Waals surface area contributed by atoms with Crippen LogP contribution in [0.4, 0.5) is 36.4 Å². The summed E-state index contributed by atoms with van der Waals surface area (Å²) >= 11 is 0. The summed E-state index contributed by atoms with van der Waals surface area (Å²) in [4.78, 5) is 11.3. The molecule has 0 saturated carbocycles. The normalized spacial score (nSPS) is 12.9. The summed E-state index contributed by atoms with van der Waals surface area (Å²) in [6.07, 6.45) is -4.89. The van der Waals surface area contributed by atoms with E-state index in [9.17, 15) is 35.5 Å². The van der Waals surface area contributed by atoms with Crippen molar-refractivity contribution < 1.29 is 35.5 Å². The van der Waals surface area contributed by atoms with Crippen LogP contribution in [0, 0.1) is 0 Å². The molecular formula is C14H12F7N5O. The highest BCUT2D eigenvalue weighted by Crippen LogP contribution is 2.46. The first kappa shape index (κ1) is 20.6. The third kappa shape index (κ3) is 4.52. The Bertz CT molecular complexity index is 759. The lowest BCUT2D eigenvalue weighted by Gasteiger charge is -2.27. The van der Waals surface area contributed by atoms with Crippen molar-refractivity contribution in [1.29, 1.82) is 0 Å². The first-order valence-corrected chi connectivity index (χ1v) is 7.40. The Morgan fingerprint density at radius 1 is 1.00 bits per heavy atom. The monoisotopic (exact) mass is 399 g/mol. The molecule has 27 heavy (non-hydrogen) atoms. The number of hydrogen-bond donors (Lipinski definition) is 2. The summed E-state index contributed by atoms with van der Waals surface area (Å²) in [5.41, 5.74) is 0.369. The number of H-pyrrole nitrogens is 1. The van der Waals surface area contributed by atoms with Crippen LogP contribution in [0.1, 0.15) is 17.8 Å². The van der Waals surface area contributed by atoms with Gasteiger partial charge in [0.25, 0.3) is 0 Å². The van der Waals surface area contributed by atoms with Crippen LogP contribution in [-0.2, 0) is 17.6 Å². The SMILES string of the molecule is O=C(Nc1ccc(CCCc2nnn[nH]2)cc1)C(F)(F)C(F)(F)C(F)(F)F. The molecule has 2 rings (SSSR count). The number of hydrogen-bond acceptors (Lipinski definition) is 4. The lowest BCUT2D eigenvalue weighted by atomic mass is 10.1. The second kappa shape index (κ2) is 7.48. The number of nitrogens with one attached hydrogen (secondary N) is 2. The molecule has 2 N–H and O–H groups in total. The van der Waals surface area contributed by atoms with Crippen molar-refractivity contribution in [3.63, 3.8) is 0 Å². The largest absolute Gasteiger partial charge is 0.460 e. The van der Waals surface area contributed by atoms with E-state index in [-0.39, 0.29) is 5.69 Å². The van der Waals surface area contributed by atoms with Crippen LogP contribution < -0.4 is 5.32 Å². The summed E-state index contributed by atoms with van der Waals surface area (Å²) in [7, 11) is 0. The summed E-state index contributed by atoms with van der Waals surface area (Å²) < 4.78 is 88.4. The van der Waals surface area contributed by atoms with Crippen LogP contribution in [0.2, 0.25) is 0 Å². The molecule has 148 valence electrons. The number of tetrazole rings is 1. The third-order valence-electron chi connectivity index (χ3n) is 3.52. The van der Waals surface area contributed by atoms with Crippen molar-refractivity contribution in [2.24, 2.45) is 0 Å². The average Bonchev–Trinajstić information content (AvgIpc) is 3.08. The number of halogens is 7. The van der Waals surface area contributed by atoms with Gasteiger partial charge in [-0.3, -0.25) is 4.79 Å². The molecule has 0 saturated heterocycles. The number of carbonyl (C=O) groups excluding carboxylic acids is 1. The zero-order valence-electron chi connectivity index (χ0n) is 13.3. The van der Waals surface area contributed by atoms with Crippen molar-refractivity contribution in [3.8, 4) is 0 Å². The maximum atomic E-state index is 13.3. The van der Waals surface area contributed by atoms with E-state index in [1.54, 1.807) is 0 Å². The molecule has 0 radical (unpaired) electrons. The van der Waals surface area contributed by atoms with Crippen LogP contribution in [0.5, 0.6) is 0 Å². The van der Waals surface area contributed by atoms with Crippen LogP contribution in [0.3, 0.4) is 0 Å². The van der Waals surface area contributed by atoms with Gasteiger partial charge in [0, 0.05) is 12.1 Å². The third-order valence-corrected chi connectivity index (χ3v) is 3.52. The van der Waals surface area contributed by atoms with Gasteiger partial charge in [0.2, 0.25) is 0 Å². The van der Waals surface area contributed by atoms with E-state index in [2.05, 4.69) is 20.6 Å². The molecule has 0 fully saturated rings. The highest BCUT2D eigenvalue weighted by Gasteiger charge is 2.76. The zero-order chi connectivity index (χ0) is 20.3. The summed E-state index contributed by atoms with van der Waals surface area (Å²) in [6.45, 7) is 0. The van der Waals surface area contributed by atoms with Gasteiger partial charge in [0.1, 0.15) is 5.82 Å². The van der Waals surface area contributed by atoms with Crippen molar-refractivity contribution in [1.82, 2.24) is 20.6 Å².